The van der Waals surface area contributed by atoms with Crippen LogP contribution in [0.25, 0.3) is 17.5 Å². The van der Waals surface area contributed by atoms with Crippen LogP contribution in [0, 0.1) is 34.0 Å². The fourth-order valence-corrected chi connectivity index (χ4v) is 18.8. The molecule has 6 N–H and O–H groups in total. The number of pyridine rings is 6. The molecule has 3 saturated carbocycles. The number of amides is 3. The lowest BCUT2D eigenvalue weighted by Crippen LogP contribution is -2.41. The third-order valence-corrected chi connectivity index (χ3v) is 27.3. The molecule has 9 aromatic heterocycles. The molecule has 12 bridgehead atoms. The Balaban J connectivity index is 0.000000131. The molecule has 15 heterocycles. The first kappa shape index (κ1) is 79.8. The molecular formula is C81H99N21O12S3. The van der Waals surface area contributed by atoms with Gasteiger partial charge in [-0.05, 0) is 209 Å². The molecule has 9 aliphatic rings. The predicted octanol–water partition coefficient (Wildman–Crippen LogP) is 10.1. The molecule has 0 spiro atoms. The van der Waals surface area contributed by atoms with Crippen LogP contribution >= 0.6 is 0 Å². The number of aromatic nitrogens is 12. The molecule has 6 fully saturated rings. The van der Waals surface area contributed by atoms with Gasteiger partial charge in [-0.3, -0.25) is 14.4 Å². The van der Waals surface area contributed by atoms with Crippen LogP contribution in [0.15, 0.2) is 143 Å². The van der Waals surface area contributed by atoms with Gasteiger partial charge in [0.2, 0.25) is 17.6 Å². The molecule has 618 valence electrons. The second kappa shape index (κ2) is 30.5. The van der Waals surface area contributed by atoms with Gasteiger partial charge in [0.05, 0.1) is 36.5 Å². The Morgan fingerprint density at radius 1 is 0.368 bits per heavy atom. The van der Waals surface area contributed by atoms with E-state index in [1.54, 1.807) is 124 Å². The van der Waals surface area contributed by atoms with Gasteiger partial charge < -0.3 is 44.9 Å². The average Bonchev–Trinajstić information content (AvgIpc) is 0.962. The monoisotopic (exact) mass is 1650 g/mol. The van der Waals surface area contributed by atoms with Crippen LogP contribution in [-0.2, 0) is 30.1 Å². The molecule has 6 aliphatic heterocycles. The Labute approximate surface area is 680 Å². The van der Waals surface area contributed by atoms with Gasteiger partial charge in [-0.15, -0.1) is 15.3 Å². The summed E-state index contributed by atoms with van der Waals surface area (Å²) < 4.78 is 108. The Kier molecular flexibility index (Phi) is 20.8. The minimum atomic E-state index is -4.21. The van der Waals surface area contributed by atoms with E-state index in [2.05, 4.69) is 137 Å². The zero-order chi connectivity index (χ0) is 82.2. The number of hydrogen-bond acceptors (Lipinski definition) is 27. The first-order valence-corrected chi connectivity index (χ1v) is 44.3. The summed E-state index contributed by atoms with van der Waals surface area (Å²) in [4.78, 5) is 74.0. The summed E-state index contributed by atoms with van der Waals surface area (Å²) >= 11 is 0. The summed E-state index contributed by atoms with van der Waals surface area (Å²) in [7, 11) is -12.6. The van der Waals surface area contributed by atoms with Crippen LogP contribution in [0.4, 0.5) is 34.9 Å². The van der Waals surface area contributed by atoms with Crippen LogP contribution in [0.5, 0.6) is 17.6 Å². The van der Waals surface area contributed by atoms with E-state index in [0.717, 1.165) is 77.0 Å². The highest BCUT2D eigenvalue weighted by Crippen LogP contribution is 2.48. The number of rotatable bonds is 12. The highest BCUT2D eigenvalue weighted by molar-refractivity contribution is 7.90. The Morgan fingerprint density at radius 3 is 0.906 bits per heavy atom. The second-order valence-corrected chi connectivity index (χ2v) is 40.1. The van der Waals surface area contributed by atoms with Gasteiger partial charge in [0.25, 0.3) is 47.8 Å². The zero-order valence-electron chi connectivity index (χ0n) is 67.0. The largest absolute Gasteiger partial charge is 0.476 e. The molecule has 0 aromatic carbocycles. The maximum Gasteiger partial charge on any atom is 0.281 e. The van der Waals surface area contributed by atoms with E-state index in [4.69, 9.17) is 29.2 Å². The van der Waals surface area contributed by atoms with Crippen molar-refractivity contribution in [1.82, 2.24) is 73.4 Å². The smallest absolute Gasteiger partial charge is 0.281 e. The number of hydrogen-bond donors (Lipinski definition) is 6. The standard InChI is InChI=1S/3C27H33N7O4S/c3*1-26(2)15-18-9-13-28-20-5-4-6-23(29-20)39(36,37)32-25(35)19-7-8-21(30-24(19)33(26)16-18)34-14-10-22(31-34)38-17-27(3)11-12-27/h3*4-8,10,14,18H,9,11-13,15-17H2,1-3H3,(H,28,29)(H,32,35). The molecule has 117 heavy (non-hydrogen) atoms. The van der Waals surface area contributed by atoms with E-state index < -0.39 is 47.8 Å². The summed E-state index contributed by atoms with van der Waals surface area (Å²) in [6.07, 6.45) is 17.5. The lowest BCUT2D eigenvalue weighted by atomic mass is 9.94. The Hall–Kier alpha value is -11.0. The minimum Gasteiger partial charge on any atom is -0.476 e. The molecule has 3 saturated heterocycles. The summed E-state index contributed by atoms with van der Waals surface area (Å²) in [5, 5.41) is 22.6. The number of nitrogens with zero attached hydrogens (tertiary/aromatic N) is 15. The van der Waals surface area contributed by atoms with Gasteiger partial charge in [0.15, 0.2) is 32.5 Å². The number of ether oxygens (including phenoxy) is 3. The lowest BCUT2D eigenvalue weighted by Gasteiger charge is -2.34. The first-order valence-electron chi connectivity index (χ1n) is 39.8. The van der Waals surface area contributed by atoms with E-state index in [0.29, 0.717) is 147 Å². The third kappa shape index (κ3) is 17.8. The van der Waals surface area contributed by atoms with Gasteiger partial charge in [-0.2, -0.15) is 25.3 Å². The van der Waals surface area contributed by atoms with E-state index >= 15 is 0 Å². The van der Waals surface area contributed by atoms with Crippen LogP contribution in [0.3, 0.4) is 0 Å². The van der Waals surface area contributed by atoms with Crippen molar-refractivity contribution < 1.29 is 53.8 Å². The summed E-state index contributed by atoms with van der Waals surface area (Å²) in [5.74, 6) is 4.43. The highest BCUT2D eigenvalue weighted by atomic mass is 32.2. The van der Waals surface area contributed by atoms with Crippen LogP contribution in [0.1, 0.15) is 170 Å². The number of anilines is 6. The number of carbonyl (C=O) groups is 3. The van der Waals surface area contributed by atoms with E-state index in [9.17, 15) is 39.6 Å². The van der Waals surface area contributed by atoms with Crippen molar-refractivity contribution >= 4 is 82.7 Å². The van der Waals surface area contributed by atoms with Crippen molar-refractivity contribution in [3.8, 4) is 35.1 Å². The maximum atomic E-state index is 13.5. The van der Waals surface area contributed by atoms with Crippen molar-refractivity contribution in [2.24, 2.45) is 34.0 Å². The normalized spacial score (nSPS) is 22.7. The van der Waals surface area contributed by atoms with Gasteiger partial charge in [-0.1, -0.05) is 39.0 Å². The molecule has 3 atom stereocenters. The maximum absolute atomic E-state index is 13.5. The quantitative estimate of drug-likeness (QED) is 0.0662. The SMILES string of the molecule is CC1(COc2ccn(-c3ccc4c(n3)N3CC(CCNc5cccc(n5)S(=O)(=O)NC4=O)CC3(C)C)n2)CC1.CC1(COc2ccn(-c3ccc4c(n3)N3CC(CCNc5cccc(n5)S(=O)(=O)NC4=O)CC3(C)C)n2)CC1.CC1(COc2ccn(-c3ccc4c(n3)N3CC(CCNc5cccc(n5)S(=O)(=O)NC4=O)CC3(C)C)n2)CC1. The molecule has 0 radical (unpaired) electrons. The summed E-state index contributed by atoms with van der Waals surface area (Å²) in [6.45, 7) is 25.1. The van der Waals surface area contributed by atoms with E-state index in [1.807, 2.05) is 0 Å². The fraction of sp³-hybridized carbons (Fsp3) is 0.481. The topological polar surface area (TPSA) is 394 Å². The van der Waals surface area contributed by atoms with Crippen LogP contribution < -0.4 is 59.0 Å². The van der Waals surface area contributed by atoms with Gasteiger partial charge in [-0.25, -0.2) is 58.1 Å². The van der Waals surface area contributed by atoms with Crippen LogP contribution in [-0.4, -0.2) is 178 Å². The lowest BCUT2D eigenvalue weighted by molar-refractivity contribution is 0.0972. The van der Waals surface area contributed by atoms with Crippen molar-refractivity contribution in [2.45, 2.75) is 171 Å². The molecule has 3 amide bonds. The van der Waals surface area contributed by atoms with E-state index in [-0.39, 0.29) is 64.6 Å². The van der Waals surface area contributed by atoms with E-state index in [1.165, 1.54) is 18.2 Å². The Bertz CT molecular complexity index is 5140. The average molecular weight is 1660 g/mol. The number of sulfonamides is 3. The fourth-order valence-electron chi connectivity index (χ4n) is 15.9. The summed E-state index contributed by atoms with van der Waals surface area (Å²) in [6, 6.07) is 29.3. The number of nitrogens with one attached hydrogen (secondary N) is 6. The molecule has 3 unspecified atom stereocenters. The molecule has 36 heteroatoms. The molecule has 9 aromatic rings. The zero-order valence-corrected chi connectivity index (χ0v) is 69.5. The number of fused-ring (bicyclic) bond motifs is 18. The van der Waals surface area contributed by atoms with Crippen molar-refractivity contribution in [3.63, 3.8) is 0 Å². The Morgan fingerprint density at radius 2 is 0.641 bits per heavy atom. The summed E-state index contributed by atoms with van der Waals surface area (Å²) in [5.41, 5.74) is 0.294. The minimum absolute atomic E-state index is 0.174. The van der Waals surface area contributed by atoms with Crippen molar-refractivity contribution in [3.05, 3.63) is 144 Å². The van der Waals surface area contributed by atoms with Crippen LogP contribution in [0.2, 0.25) is 0 Å². The van der Waals surface area contributed by atoms with Gasteiger partial charge in [0.1, 0.15) is 34.9 Å². The van der Waals surface area contributed by atoms with Gasteiger partial charge in [0, 0.05) is 109 Å². The molecular weight excluding hydrogens is 1560 g/mol. The highest BCUT2D eigenvalue weighted by Gasteiger charge is 2.46. The number of carbonyl (C=O) groups excluding carboxylic acids is 3. The first-order chi connectivity index (χ1) is 55.5. The van der Waals surface area contributed by atoms with Crippen molar-refractivity contribution in [2.75, 3.05) is 89.7 Å². The molecule has 18 rings (SSSR count). The third-order valence-electron chi connectivity index (χ3n) is 23.6. The molecule has 33 nitrogen and oxygen atoms in total. The van der Waals surface area contributed by atoms with Gasteiger partial charge >= 0.3 is 0 Å². The molecule has 3 aliphatic carbocycles. The van der Waals surface area contributed by atoms with Crippen molar-refractivity contribution in [1.29, 1.82) is 0 Å². The second-order valence-electron chi connectivity index (χ2n) is 35.2. The predicted molar refractivity (Wildman–Crippen MR) is 437 cm³/mol.